The molecule has 8 unspecified atom stereocenters. The van der Waals surface area contributed by atoms with Gasteiger partial charge in [0.05, 0.1) is 25.4 Å². The second kappa shape index (κ2) is 50.6. The number of nitrogens with one attached hydrogen (secondary N) is 1. The highest BCUT2D eigenvalue weighted by Crippen LogP contribution is 2.26. The summed E-state index contributed by atoms with van der Waals surface area (Å²) in [5.41, 5.74) is 0. The smallest absolute Gasteiger partial charge is 0.306 e. The molecule has 1 heterocycles. The Morgan fingerprint density at radius 2 is 1.03 bits per heavy atom. The number of carbonyl (C=O) groups excluding carboxylic acids is 2. The van der Waals surface area contributed by atoms with Gasteiger partial charge in [-0.05, 0) is 83.5 Å². The van der Waals surface area contributed by atoms with Gasteiger partial charge in [-0.25, -0.2) is 0 Å². The number of aliphatic hydroxyl groups is 5. The molecule has 0 radical (unpaired) electrons. The fourth-order valence-corrected chi connectivity index (χ4v) is 8.83. The summed E-state index contributed by atoms with van der Waals surface area (Å²) < 4.78 is 17.6. The van der Waals surface area contributed by atoms with Gasteiger partial charge in [0, 0.05) is 6.42 Å². The van der Waals surface area contributed by atoms with Crippen LogP contribution in [0.2, 0.25) is 0 Å². The van der Waals surface area contributed by atoms with Crippen LogP contribution < -0.4 is 5.32 Å². The Labute approximate surface area is 451 Å². The first kappa shape index (κ1) is 68.9. The quantitative estimate of drug-likeness (QED) is 0.0149. The number of hydrogen-bond acceptors (Lipinski definition) is 10. The molecule has 74 heavy (non-hydrogen) atoms. The molecule has 6 N–H and O–H groups in total. The SMILES string of the molecule is CC/C=C/C=C/C=C/CCCCCCCCC(O)C(=O)NC(COC1OC(CO)C(O)C(O)C1OC(=O)CCCCCCCC/C=C\C/C=C\C/C=C\CCCCC)C(O)/C=C/CCCCCCCCCCCC. The largest absolute Gasteiger partial charge is 0.454 e. The Bertz CT molecular complexity index is 1520. The van der Waals surface area contributed by atoms with Gasteiger partial charge in [-0.1, -0.05) is 234 Å². The van der Waals surface area contributed by atoms with Crippen LogP contribution in [-0.2, 0) is 23.8 Å². The second-order valence-corrected chi connectivity index (χ2v) is 20.4. The maximum Gasteiger partial charge on any atom is 0.306 e. The lowest BCUT2D eigenvalue weighted by Crippen LogP contribution is -2.61. The number of carbonyl (C=O) groups is 2. The Kier molecular flexibility index (Phi) is 47.1. The topological polar surface area (TPSA) is 175 Å². The zero-order valence-electron chi connectivity index (χ0n) is 46.9. The van der Waals surface area contributed by atoms with E-state index < -0.39 is 67.4 Å². The highest BCUT2D eigenvalue weighted by atomic mass is 16.7. The van der Waals surface area contributed by atoms with E-state index in [-0.39, 0.29) is 19.4 Å². The number of amides is 1. The molecule has 1 aliphatic heterocycles. The number of rotatable bonds is 49. The van der Waals surface area contributed by atoms with Crippen LogP contribution in [0.1, 0.15) is 239 Å². The van der Waals surface area contributed by atoms with E-state index in [9.17, 15) is 35.1 Å². The van der Waals surface area contributed by atoms with Crippen LogP contribution >= 0.6 is 0 Å². The van der Waals surface area contributed by atoms with Crippen molar-refractivity contribution in [2.75, 3.05) is 13.2 Å². The van der Waals surface area contributed by atoms with E-state index in [4.69, 9.17) is 14.2 Å². The first-order valence-electron chi connectivity index (χ1n) is 29.9. The van der Waals surface area contributed by atoms with Crippen molar-refractivity contribution < 1.29 is 49.3 Å². The zero-order valence-corrected chi connectivity index (χ0v) is 46.9. The Balaban J connectivity index is 2.71. The summed E-state index contributed by atoms with van der Waals surface area (Å²) in [7, 11) is 0. The van der Waals surface area contributed by atoms with Crippen molar-refractivity contribution >= 4 is 11.9 Å². The molecule has 426 valence electrons. The lowest BCUT2D eigenvalue weighted by atomic mass is 9.99. The van der Waals surface area contributed by atoms with Gasteiger partial charge in [0.1, 0.15) is 24.4 Å². The minimum atomic E-state index is -1.62. The van der Waals surface area contributed by atoms with Crippen LogP contribution in [-0.4, -0.2) is 99.6 Å². The predicted molar refractivity (Wildman–Crippen MR) is 306 cm³/mol. The number of aliphatic hydroxyl groups excluding tert-OH is 5. The molecule has 8 atom stereocenters. The second-order valence-electron chi connectivity index (χ2n) is 20.4. The summed E-state index contributed by atoms with van der Waals surface area (Å²) in [6, 6.07) is -1.04. The molecule has 0 aromatic carbocycles. The van der Waals surface area contributed by atoms with Crippen molar-refractivity contribution in [2.45, 2.75) is 288 Å². The minimum absolute atomic E-state index is 0.104. The van der Waals surface area contributed by atoms with E-state index in [0.29, 0.717) is 12.8 Å². The maximum atomic E-state index is 13.4. The van der Waals surface area contributed by atoms with E-state index in [0.717, 1.165) is 116 Å². The highest BCUT2D eigenvalue weighted by molar-refractivity contribution is 5.80. The number of esters is 1. The average molecular weight is 1040 g/mol. The molecule has 11 heteroatoms. The molecule has 1 aliphatic rings. The molecule has 0 spiro atoms. The van der Waals surface area contributed by atoms with E-state index in [2.05, 4.69) is 86.8 Å². The lowest BCUT2D eigenvalue weighted by Gasteiger charge is -2.41. The summed E-state index contributed by atoms with van der Waals surface area (Å²) in [5, 5.41) is 56.9. The van der Waals surface area contributed by atoms with Crippen molar-refractivity contribution in [1.82, 2.24) is 5.32 Å². The van der Waals surface area contributed by atoms with E-state index in [1.54, 1.807) is 6.08 Å². The molecule has 0 aliphatic carbocycles. The zero-order chi connectivity index (χ0) is 54.0. The third-order valence-corrected chi connectivity index (χ3v) is 13.6. The molecule has 1 saturated heterocycles. The summed E-state index contributed by atoms with van der Waals surface area (Å²) >= 11 is 0. The van der Waals surface area contributed by atoms with Crippen LogP contribution in [0.4, 0.5) is 0 Å². The van der Waals surface area contributed by atoms with Gasteiger partial charge < -0.3 is 45.1 Å². The van der Waals surface area contributed by atoms with Crippen molar-refractivity contribution in [3.63, 3.8) is 0 Å². The normalized spacial score (nSPS) is 19.9. The predicted octanol–water partition coefficient (Wildman–Crippen LogP) is 13.8. The van der Waals surface area contributed by atoms with Gasteiger partial charge in [-0.3, -0.25) is 9.59 Å². The van der Waals surface area contributed by atoms with Crippen molar-refractivity contribution in [3.8, 4) is 0 Å². The lowest BCUT2D eigenvalue weighted by molar-refractivity contribution is -0.305. The molecular formula is C63H109NO10. The average Bonchev–Trinajstić information content (AvgIpc) is 3.40. The molecule has 0 aromatic rings. The van der Waals surface area contributed by atoms with Crippen LogP contribution in [0.15, 0.2) is 85.1 Å². The van der Waals surface area contributed by atoms with Gasteiger partial charge in [0.2, 0.25) is 5.91 Å². The summed E-state index contributed by atoms with van der Waals surface area (Å²) in [4.78, 5) is 26.5. The molecule has 11 nitrogen and oxygen atoms in total. The van der Waals surface area contributed by atoms with Gasteiger partial charge in [-0.15, -0.1) is 0 Å². The van der Waals surface area contributed by atoms with Gasteiger partial charge >= 0.3 is 5.97 Å². The van der Waals surface area contributed by atoms with Gasteiger partial charge in [0.15, 0.2) is 12.4 Å². The molecule has 0 bridgehead atoms. The first-order valence-corrected chi connectivity index (χ1v) is 29.9. The third kappa shape index (κ3) is 38.4. The van der Waals surface area contributed by atoms with Gasteiger partial charge in [-0.2, -0.15) is 0 Å². The molecular weight excluding hydrogens is 931 g/mol. The van der Waals surface area contributed by atoms with E-state index >= 15 is 0 Å². The van der Waals surface area contributed by atoms with Crippen molar-refractivity contribution in [1.29, 1.82) is 0 Å². The number of allylic oxidation sites excluding steroid dienone is 13. The van der Waals surface area contributed by atoms with E-state index in [1.165, 1.54) is 77.0 Å². The van der Waals surface area contributed by atoms with Gasteiger partial charge in [0.25, 0.3) is 0 Å². The Hall–Kier alpha value is -3.16. The van der Waals surface area contributed by atoms with Crippen molar-refractivity contribution in [2.24, 2.45) is 0 Å². The van der Waals surface area contributed by atoms with Crippen LogP contribution in [0.25, 0.3) is 0 Å². The fourth-order valence-electron chi connectivity index (χ4n) is 8.83. The van der Waals surface area contributed by atoms with E-state index in [1.807, 2.05) is 18.2 Å². The number of unbranched alkanes of at least 4 members (excludes halogenated alkanes) is 25. The molecule has 1 rings (SSSR count). The van der Waals surface area contributed by atoms with Crippen molar-refractivity contribution in [3.05, 3.63) is 85.1 Å². The molecule has 0 aromatic heterocycles. The molecule has 1 amide bonds. The monoisotopic (exact) mass is 1040 g/mol. The summed E-state index contributed by atoms with van der Waals surface area (Å²) in [6.45, 7) is 5.60. The maximum absolute atomic E-state index is 13.4. The highest BCUT2D eigenvalue weighted by Gasteiger charge is 2.47. The first-order chi connectivity index (χ1) is 36.2. The van der Waals surface area contributed by atoms with Crippen LogP contribution in [0, 0.1) is 0 Å². The number of ether oxygens (including phenoxy) is 3. The Morgan fingerprint density at radius 1 is 0.554 bits per heavy atom. The van der Waals surface area contributed by atoms with Crippen LogP contribution in [0.5, 0.6) is 0 Å². The summed E-state index contributed by atoms with van der Waals surface area (Å²) in [6.07, 6.45) is 54.7. The molecule has 0 saturated carbocycles. The standard InChI is InChI=1S/C63H109NO10/c1-4-7-10-13-16-19-22-25-27-28-29-30-31-33-36-39-42-45-48-51-58(68)74-61-60(70)59(69)57(52-65)73-63(61)72-53-54(55(66)49-46-43-40-37-34-24-21-18-15-12-9-6-3)64-62(71)56(67)50-47-44-41-38-35-32-26-23-20-17-14-11-8-5-2/h8,11,14,16-17,19-20,23,25,27,29-30,46,49,54-57,59-61,63,65-67,69-70H,4-7,9-10,12-13,15,18,21-22,24,26,28,31-45,47-48,50-53H2,1-3H3,(H,64,71)/b11-8+,17-14+,19-16-,23-20+,27-25-,30-29-,49-46+. The number of hydrogen-bond donors (Lipinski definition) is 6. The fraction of sp³-hybridized carbons (Fsp3) is 0.746. The summed E-state index contributed by atoms with van der Waals surface area (Å²) in [5.74, 6) is -1.22. The Morgan fingerprint density at radius 3 is 1.59 bits per heavy atom. The third-order valence-electron chi connectivity index (χ3n) is 13.6. The molecule has 1 fully saturated rings. The van der Waals surface area contributed by atoms with Crippen LogP contribution in [0.3, 0.4) is 0 Å². The minimum Gasteiger partial charge on any atom is -0.454 e.